The molecule has 4 heterocycles. The number of hydrogen-bond donors (Lipinski definition) is 3. The van der Waals surface area contributed by atoms with Gasteiger partial charge in [-0.25, -0.2) is 14.8 Å². The van der Waals surface area contributed by atoms with Crippen molar-refractivity contribution in [1.29, 1.82) is 0 Å². The quantitative estimate of drug-likeness (QED) is 0.152. The van der Waals surface area contributed by atoms with Gasteiger partial charge in [-0.1, -0.05) is 72.7 Å². The molecule has 3 N–H and O–H groups in total. The summed E-state index contributed by atoms with van der Waals surface area (Å²) in [5, 5.41) is 2.55. The van der Waals surface area contributed by atoms with Gasteiger partial charge in [-0.3, -0.25) is 14.5 Å². The maximum Gasteiger partial charge on any atom is 0.407 e. The van der Waals surface area contributed by atoms with E-state index in [0.29, 0.717) is 24.6 Å². The zero-order valence-corrected chi connectivity index (χ0v) is 31.6. The molecule has 282 valence electrons. The summed E-state index contributed by atoms with van der Waals surface area (Å²) in [5.41, 5.74) is 6.60. The average molecular weight is 739 g/mol. The standard InChI is InChI=1S/C43H46N8O4/c1-28(46-43(54)55-4)41(52)50-24-8-12-36(50)39-44-26-34(47-39)23-16-29-14-17-30(18-15-29)31-19-21-32(22-20-31)35-27-45-40(48-35)37-13-9-25-51(37)42(53)38(49(2)3)33-10-6-5-7-11-33/h5-7,10-11,14-15,17-22,26-28,36-38H,8-9,12-13,24-25H2,1-4H3,(H,44,47)(H,45,48)(H,46,54)/t28-,36+,37+,38-/m1/s1. The normalized spacial score (nSPS) is 17.8. The number of aromatic amines is 2. The van der Waals surface area contributed by atoms with E-state index < -0.39 is 12.1 Å². The Labute approximate surface area is 321 Å². The molecule has 5 aromatic rings. The van der Waals surface area contributed by atoms with Crippen LogP contribution in [0.15, 0.2) is 91.3 Å². The Morgan fingerprint density at radius 3 is 2.00 bits per heavy atom. The molecule has 0 bridgehead atoms. The Morgan fingerprint density at radius 1 is 0.782 bits per heavy atom. The number of benzene rings is 3. The maximum absolute atomic E-state index is 13.9. The number of nitrogens with zero attached hydrogens (tertiary/aromatic N) is 5. The number of carbonyl (C=O) groups is 3. The summed E-state index contributed by atoms with van der Waals surface area (Å²) in [4.78, 5) is 60.3. The summed E-state index contributed by atoms with van der Waals surface area (Å²) in [7, 11) is 5.17. The summed E-state index contributed by atoms with van der Waals surface area (Å²) in [6, 6.07) is 25.0. The van der Waals surface area contributed by atoms with Gasteiger partial charge < -0.3 is 29.8 Å². The van der Waals surface area contributed by atoms with E-state index in [1.165, 1.54) is 7.11 Å². The fraction of sp³-hybridized carbons (Fsp3) is 0.326. The average Bonchev–Trinajstić information content (AvgIpc) is 4.04. The minimum absolute atomic E-state index is 0.0935. The minimum atomic E-state index is -0.706. The molecule has 7 rings (SSSR count). The van der Waals surface area contributed by atoms with E-state index in [9.17, 15) is 14.4 Å². The van der Waals surface area contributed by atoms with Crippen molar-refractivity contribution in [1.82, 2.24) is 40.0 Å². The number of aromatic nitrogens is 4. The van der Waals surface area contributed by atoms with Crippen LogP contribution in [0.3, 0.4) is 0 Å². The molecule has 2 aromatic heterocycles. The molecule has 2 fully saturated rings. The molecule has 12 nitrogen and oxygen atoms in total. The molecule has 2 aliphatic rings. The van der Waals surface area contributed by atoms with Crippen molar-refractivity contribution < 1.29 is 19.1 Å². The molecular formula is C43H46N8O4. The van der Waals surface area contributed by atoms with Crippen LogP contribution in [-0.2, 0) is 14.3 Å². The summed E-state index contributed by atoms with van der Waals surface area (Å²) in [6.07, 6.45) is 6.33. The van der Waals surface area contributed by atoms with Crippen LogP contribution < -0.4 is 5.32 Å². The molecular weight excluding hydrogens is 693 g/mol. The number of methoxy groups -OCH3 is 1. The number of nitrogens with one attached hydrogen (secondary N) is 3. The number of rotatable bonds is 9. The van der Waals surface area contributed by atoms with Gasteiger partial charge in [0.05, 0.1) is 37.3 Å². The molecule has 0 unspecified atom stereocenters. The molecule has 55 heavy (non-hydrogen) atoms. The Morgan fingerprint density at radius 2 is 1.36 bits per heavy atom. The number of carbonyl (C=O) groups excluding carboxylic acids is 3. The molecule has 0 spiro atoms. The fourth-order valence-electron chi connectivity index (χ4n) is 7.58. The second kappa shape index (κ2) is 16.4. The van der Waals surface area contributed by atoms with Crippen LogP contribution in [0, 0.1) is 11.8 Å². The number of H-pyrrole nitrogens is 2. The predicted octanol–water partition coefficient (Wildman–Crippen LogP) is 6.24. The van der Waals surface area contributed by atoms with Crippen LogP contribution in [0.2, 0.25) is 0 Å². The lowest BCUT2D eigenvalue weighted by molar-refractivity contribution is -0.137. The second-order valence-electron chi connectivity index (χ2n) is 14.3. The third-order valence-corrected chi connectivity index (χ3v) is 10.4. The van der Waals surface area contributed by atoms with Crippen molar-refractivity contribution in [3.63, 3.8) is 0 Å². The first-order valence-corrected chi connectivity index (χ1v) is 18.7. The predicted molar refractivity (Wildman–Crippen MR) is 209 cm³/mol. The third kappa shape index (κ3) is 8.17. The third-order valence-electron chi connectivity index (χ3n) is 10.4. The Bertz CT molecular complexity index is 2180. The first-order valence-electron chi connectivity index (χ1n) is 18.7. The van der Waals surface area contributed by atoms with Gasteiger partial charge in [0.25, 0.3) is 0 Å². The molecule has 3 aromatic carbocycles. The first kappa shape index (κ1) is 37.1. The molecule has 0 aliphatic carbocycles. The highest BCUT2D eigenvalue weighted by atomic mass is 16.5. The smallest absolute Gasteiger partial charge is 0.407 e. The van der Waals surface area contributed by atoms with Gasteiger partial charge in [0.1, 0.15) is 29.4 Å². The molecule has 0 saturated carbocycles. The Balaban J connectivity index is 0.977. The van der Waals surface area contributed by atoms with Crippen LogP contribution in [-0.4, -0.2) is 92.9 Å². The number of imidazole rings is 2. The fourth-order valence-corrected chi connectivity index (χ4v) is 7.58. The van der Waals surface area contributed by atoms with Crippen molar-refractivity contribution in [3.05, 3.63) is 120 Å². The summed E-state index contributed by atoms with van der Waals surface area (Å²) >= 11 is 0. The van der Waals surface area contributed by atoms with Crippen molar-refractivity contribution >= 4 is 17.9 Å². The highest BCUT2D eigenvalue weighted by Crippen LogP contribution is 2.35. The number of ether oxygens (including phenoxy) is 1. The van der Waals surface area contributed by atoms with Gasteiger partial charge in [0.15, 0.2) is 0 Å². The lowest BCUT2D eigenvalue weighted by Crippen LogP contribution is -2.46. The highest BCUT2D eigenvalue weighted by Gasteiger charge is 2.37. The van der Waals surface area contributed by atoms with Gasteiger partial charge >= 0.3 is 6.09 Å². The van der Waals surface area contributed by atoms with Crippen LogP contribution in [0.25, 0.3) is 22.4 Å². The van der Waals surface area contributed by atoms with Crippen molar-refractivity contribution in [2.45, 2.75) is 56.8 Å². The number of amides is 3. The zero-order chi connectivity index (χ0) is 38.5. The van der Waals surface area contributed by atoms with E-state index in [1.54, 1.807) is 18.0 Å². The molecule has 3 amide bonds. The van der Waals surface area contributed by atoms with Crippen LogP contribution in [0.1, 0.15) is 79.2 Å². The molecule has 2 aliphatic heterocycles. The number of hydrogen-bond acceptors (Lipinski definition) is 7. The number of alkyl carbamates (subject to hydrolysis) is 1. The van der Waals surface area contributed by atoms with E-state index in [0.717, 1.165) is 65.0 Å². The van der Waals surface area contributed by atoms with Crippen LogP contribution >= 0.6 is 0 Å². The van der Waals surface area contributed by atoms with Crippen molar-refractivity contribution in [2.75, 3.05) is 34.3 Å². The second-order valence-corrected chi connectivity index (χ2v) is 14.3. The first-order chi connectivity index (χ1) is 26.7. The molecule has 2 saturated heterocycles. The summed E-state index contributed by atoms with van der Waals surface area (Å²) < 4.78 is 4.63. The molecule has 4 atom stereocenters. The van der Waals surface area contributed by atoms with E-state index in [-0.39, 0.29) is 29.9 Å². The molecule has 12 heteroatoms. The van der Waals surface area contributed by atoms with E-state index in [1.807, 2.05) is 72.6 Å². The topological polar surface area (TPSA) is 140 Å². The lowest BCUT2D eigenvalue weighted by Gasteiger charge is -2.31. The van der Waals surface area contributed by atoms with Crippen LogP contribution in [0.5, 0.6) is 0 Å². The van der Waals surface area contributed by atoms with E-state index in [2.05, 4.69) is 73.2 Å². The van der Waals surface area contributed by atoms with Crippen molar-refractivity contribution in [3.8, 4) is 34.2 Å². The SMILES string of the molecule is COC(=O)N[C@H](C)C(=O)N1CCC[C@H]1c1ncc(C#Cc2ccc(-c3ccc(-c4cnc([C@@H]5CCCN5C(=O)[C@@H](c5ccccc5)N(C)C)[nH]4)cc3)cc2)[nH]1. The summed E-state index contributed by atoms with van der Waals surface area (Å²) in [5.74, 6) is 7.78. The number of likely N-dealkylation sites (tertiary alicyclic amines) is 2. The van der Waals surface area contributed by atoms with Crippen LogP contribution in [0.4, 0.5) is 4.79 Å². The number of likely N-dealkylation sites (N-methyl/N-ethyl adjacent to an activating group) is 1. The van der Waals surface area contributed by atoms with Gasteiger partial charge in [-0.15, -0.1) is 0 Å². The Hall–Kier alpha value is -6.19. The lowest BCUT2D eigenvalue weighted by atomic mass is 10.0. The Kier molecular flexibility index (Phi) is 11.1. The minimum Gasteiger partial charge on any atom is -0.453 e. The zero-order valence-electron chi connectivity index (χ0n) is 31.6. The van der Waals surface area contributed by atoms with Crippen molar-refractivity contribution in [2.24, 2.45) is 0 Å². The van der Waals surface area contributed by atoms with Gasteiger partial charge in [-0.2, -0.15) is 0 Å². The van der Waals surface area contributed by atoms with Gasteiger partial charge in [0, 0.05) is 18.7 Å². The molecule has 0 radical (unpaired) electrons. The maximum atomic E-state index is 13.9. The monoisotopic (exact) mass is 738 g/mol. The van der Waals surface area contributed by atoms with Gasteiger partial charge in [0.2, 0.25) is 11.8 Å². The van der Waals surface area contributed by atoms with Gasteiger partial charge in [-0.05, 0) is 87.0 Å². The van der Waals surface area contributed by atoms with E-state index in [4.69, 9.17) is 4.98 Å². The van der Waals surface area contributed by atoms with E-state index >= 15 is 0 Å². The summed E-state index contributed by atoms with van der Waals surface area (Å²) in [6.45, 7) is 2.95. The highest BCUT2D eigenvalue weighted by molar-refractivity contribution is 5.86. The largest absolute Gasteiger partial charge is 0.453 e.